The Kier molecular flexibility index (Phi) is 4.54. The van der Waals surface area contributed by atoms with Gasteiger partial charge in [-0.25, -0.2) is 0 Å². The Morgan fingerprint density at radius 3 is 2.21 bits per heavy atom. The summed E-state index contributed by atoms with van der Waals surface area (Å²) in [7, 11) is 0. The van der Waals surface area contributed by atoms with E-state index in [-0.39, 0.29) is 5.54 Å². The zero-order valence-electron chi connectivity index (χ0n) is 13.1. The summed E-state index contributed by atoms with van der Waals surface area (Å²) in [4.78, 5) is 16.9. The van der Waals surface area contributed by atoms with E-state index in [9.17, 15) is 4.79 Å². The normalized spacial score (nSPS) is 30.7. The van der Waals surface area contributed by atoms with Crippen LogP contribution in [0.25, 0.3) is 0 Å². The molecule has 0 radical (unpaired) electrons. The Hall–Kier alpha value is -0.570. The molecule has 1 aliphatic heterocycles. The van der Waals surface area contributed by atoms with Gasteiger partial charge in [-0.1, -0.05) is 13.3 Å². The number of carbonyl (C=O) groups excluding carboxylic acids is 1. The lowest BCUT2D eigenvalue weighted by atomic mass is 9.83. The first-order valence-corrected chi connectivity index (χ1v) is 7.96. The third-order valence-corrected chi connectivity index (χ3v) is 5.04. The SMILES string of the molecule is CCC1CCC(N2CCN(C(C)(C)C)CC2=O)CC1. The van der Waals surface area contributed by atoms with Crippen molar-refractivity contribution in [3.8, 4) is 0 Å². The second-order valence-corrected chi connectivity index (χ2v) is 7.26. The van der Waals surface area contributed by atoms with Crippen molar-refractivity contribution in [2.24, 2.45) is 5.92 Å². The fourth-order valence-corrected chi connectivity index (χ4v) is 3.51. The number of nitrogens with zero attached hydrogens (tertiary/aromatic N) is 2. The van der Waals surface area contributed by atoms with E-state index in [2.05, 4.69) is 37.5 Å². The highest BCUT2D eigenvalue weighted by Gasteiger charge is 2.35. The van der Waals surface area contributed by atoms with Crippen molar-refractivity contribution in [1.82, 2.24) is 9.80 Å². The Morgan fingerprint density at radius 2 is 1.74 bits per heavy atom. The molecular weight excluding hydrogens is 236 g/mol. The fraction of sp³-hybridized carbons (Fsp3) is 0.938. The third-order valence-electron chi connectivity index (χ3n) is 5.04. The first-order chi connectivity index (χ1) is 8.91. The molecule has 1 amide bonds. The van der Waals surface area contributed by atoms with Gasteiger partial charge in [-0.2, -0.15) is 0 Å². The lowest BCUT2D eigenvalue weighted by molar-refractivity contribution is -0.142. The molecule has 2 rings (SSSR count). The van der Waals surface area contributed by atoms with Gasteiger partial charge >= 0.3 is 0 Å². The Labute approximate surface area is 118 Å². The number of carbonyl (C=O) groups is 1. The third kappa shape index (κ3) is 3.50. The summed E-state index contributed by atoms with van der Waals surface area (Å²) in [6.07, 6.45) is 6.37. The summed E-state index contributed by atoms with van der Waals surface area (Å²) in [6.45, 7) is 11.4. The van der Waals surface area contributed by atoms with Gasteiger partial charge in [-0.15, -0.1) is 0 Å². The number of piperazine rings is 1. The maximum Gasteiger partial charge on any atom is 0.237 e. The highest BCUT2D eigenvalue weighted by atomic mass is 16.2. The van der Waals surface area contributed by atoms with Crippen molar-refractivity contribution in [3.05, 3.63) is 0 Å². The molecule has 0 unspecified atom stereocenters. The van der Waals surface area contributed by atoms with Gasteiger partial charge in [0.15, 0.2) is 0 Å². The molecule has 1 saturated carbocycles. The van der Waals surface area contributed by atoms with Crippen LogP contribution in [0.4, 0.5) is 0 Å². The molecular formula is C16H30N2O. The van der Waals surface area contributed by atoms with Gasteiger partial charge in [0.1, 0.15) is 0 Å². The lowest BCUT2D eigenvalue weighted by Gasteiger charge is -2.45. The minimum atomic E-state index is 0.113. The Morgan fingerprint density at radius 1 is 1.11 bits per heavy atom. The van der Waals surface area contributed by atoms with Crippen molar-refractivity contribution < 1.29 is 4.79 Å². The zero-order valence-corrected chi connectivity index (χ0v) is 13.1. The van der Waals surface area contributed by atoms with E-state index in [1.807, 2.05) is 0 Å². The van der Waals surface area contributed by atoms with Gasteiger partial charge in [-0.3, -0.25) is 9.69 Å². The second kappa shape index (κ2) is 5.82. The van der Waals surface area contributed by atoms with E-state index >= 15 is 0 Å². The van der Waals surface area contributed by atoms with Crippen molar-refractivity contribution in [1.29, 1.82) is 0 Å². The molecule has 110 valence electrons. The monoisotopic (exact) mass is 266 g/mol. The smallest absolute Gasteiger partial charge is 0.237 e. The molecule has 3 nitrogen and oxygen atoms in total. The van der Waals surface area contributed by atoms with Crippen LogP contribution in [0.3, 0.4) is 0 Å². The molecule has 1 aliphatic carbocycles. The average molecular weight is 266 g/mol. The molecule has 0 aromatic rings. The van der Waals surface area contributed by atoms with Crippen LogP contribution in [0.5, 0.6) is 0 Å². The molecule has 0 spiro atoms. The predicted octanol–water partition coefficient (Wildman–Crippen LogP) is 2.90. The van der Waals surface area contributed by atoms with Crippen LogP contribution in [0.1, 0.15) is 59.8 Å². The van der Waals surface area contributed by atoms with Crippen LogP contribution in [0.2, 0.25) is 0 Å². The summed E-state index contributed by atoms with van der Waals surface area (Å²) in [5.41, 5.74) is 0.113. The quantitative estimate of drug-likeness (QED) is 0.767. The molecule has 0 bridgehead atoms. The minimum absolute atomic E-state index is 0.113. The van der Waals surface area contributed by atoms with Crippen molar-refractivity contribution >= 4 is 5.91 Å². The molecule has 3 heteroatoms. The van der Waals surface area contributed by atoms with Crippen LogP contribution < -0.4 is 0 Å². The van der Waals surface area contributed by atoms with E-state index in [0.29, 0.717) is 18.5 Å². The van der Waals surface area contributed by atoms with E-state index < -0.39 is 0 Å². The summed E-state index contributed by atoms with van der Waals surface area (Å²) >= 11 is 0. The van der Waals surface area contributed by atoms with Gasteiger partial charge in [0.25, 0.3) is 0 Å². The lowest BCUT2D eigenvalue weighted by Crippen LogP contribution is -2.58. The molecule has 19 heavy (non-hydrogen) atoms. The van der Waals surface area contributed by atoms with E-state index in [1.165, 1.54) is 32.1 Å². The van der Waals surface area contributed by atoms with Gasteiger partial charge in [-0.05, 0) is 52.4 Å². The molecule has 1 saturated heterocycles. The second-order valence-electron chi connectivity index (χ2n) is 7.26. The number of hydrogen-bond acceptors (Lipinski definition) is 2. The highest BCUT2D eigenvalue weighted by Crippen LogP contribution is 2.30. The number of rotatable bonds is 2. The van der Waals surface area contributed by atoms with Gasteiger partial charge in [0.05, 0.1) is 6.54 Å². The van der Waals surface area contributed by atoms with Crippen LogP contribution in [-0.2, 0) is 4.79 Å². The summed E-state index contributed by atoms with van der Waals surface area (Å²) in [5, 5.41) is 0. The van der Waals surface area contributed by atoms with Crippen LogP contribution in [0.15, 0.2) is 0 Å². The van der Waals surface area contributed by atoms with Gasteiger partial charge in [0, 0.05) is 24.7 Å². The highest BCUT2D eigenvalue weighted by molar-refractivity contribution is 5.79. The Balaban J connectivity index is 1.89. The first-order valence-electron chi connectivity index (χ1n) is 7.96. The molecule has 0 aromatic carbocycles. The maximum atomic E-state index is 12.4. The summed E-state index contributed by atoms with van der Waals surface area (Å²) in [6, 6.07) is 0.525. The van der Waals surface area contributed by atoms with Gasteiger partial charge < -0.3 is 4.90 Å². The van der Waals surface area contributed by atoms with Crippen molar-refractivity contribution in [3.63, 3.8) is 0 Å². The van der Waals surface area contributed by atoms with E-state index in [0.717, 1.165) is 19.0 Å². The fourth-order valence-electron chi connectivity index (χ4n) is 3.51. The average Bonchev–Trinajstić information content (AvgIpc) is 2.38. The van der Waals surface area contributed by atoms with Crippen LogP contribution in [-0.4, -0.2) is 46.9 Å². The van der Waals surface area contributed by atoms with E-state index in [1.54, 1.807) is 0 Å². The number of hydrogen-bond donors (Lipinski definition) is 0. The largest absolute Gasteiger partial charge is 0.337 e. The molecule has 0 aromatic heterocycles. The molecule has 0 N–H and O–H groups in total. The standard InChI is InChI=1S/C16H30N2O/c1-5-13-6-8-14(9-7-13)18-11-10-17(12-15(18)19)16(2,3)4/h13-14H,5-12H2,1-4H3. The maximum absolute atomic E-state index is 12.4. The molecule has 1 heterocycles. The summed E-state index contributed by atoms with van der Waals surface area (Å²) in [5.74, 6) is 1.25. The number of amides is 1. The molecule has 0 atom stereocenters. The molecule has 2 aliphatic rings. The predicted molar refractivity (Wildman–Crippen MR) is 79.1 cm³/mol. The van der Waals surface area contributed by atoms with Crippen LogP contribution >= 0.6 is 0 Å². The van der Waals surface area contributed by atoms with Crippen LogP contribution in [0, 0.1) is 5.92 Å². The van der Waals surface area contributed by atoms with E-state index in [4.69, 9.17) is 0 Å². The topological polar surface area (TPSA) is 23.6 Å². The zero-order chi connectivity index (χ0) is 14.0. The summed E-state index contributed by atoms with van der Waals surface area (Å²) < 4.78 is 0. The van der Waals surface area contributed by atoms with Crippen molar-refractivity contribution in [2.45, 2.75) is 71.4 Å². The van der Waals surface area contributed by atoms with Gasteiger partial charge in [0.2, 0.25) is 5.91 Å². The first kappa shape index (κ1) is 14.8. The molecule has 2 fully saturated rings. The van der Waals surface area contributed by atoms with Crippen molar-refractivity contribution in [2.75, 3.05) is 19.6 Å². The minimum Gasteiger partial charge on any atom is -0.337 e. The Bertz CT molecular complexity index is 313.